The van der Waals surface area contributed by atoms with Gasteiger partial charge in [0.1, 0.15) is 13.2 Å². The van der Waals surface area contributed by atoms with Gasteiger partial charge in [-0.05, 0) is 122 Å². The summed E-state index contributed by atoms with van der Waals surface area (Å²) in [4.78, 5) is 38.3. The van der Waals surface area contributed by atoms with Gasteiger partial charge in [-0.3, -0.25) is 14.4 Å². The Balaban J connectivity index is 4.31. The zero-order valence-corrected chi connectivity index (χ0v) is 51.4. The molecule has 78 heavy (non-hydrogen) atoms. The van der Waals surface area contributed by atoms with E-state index < -0.39 is 6.10 Å². The predicted octanol–water partition coefficient (Wildman–Crippen LogP) is 22.8. The highest BCUT2D eigenvalue weighted by Crippen LogP contribution is 2.16. The standard InChI is InChI=1S/C72H124O6/c1-4-7-10-13-16-19-22-25-27-29-31-33-35-36-38-39-41-43-45-47-50-53-56-59-62-65-71(74)77-68-69(67-76-70(73)64-61-58-55-52-49-24-21-18-15-12-9-6-3)78-72(75)66-63-60-57-54-51-48-46-44-42-40-37-34-32-30-28-26-23-20-17-14-11-8-5-2/h7,10,16,18-19,21,23,25-27,30-33,37,40,69H,4-6,8-9,11-15,17,20,22,24,28-29,34-36,38-39,41-68H2,1-3H3/b10-7-,19-16-,21-18-,26-23-,27-25-,32-30-,33-31-,40-37-. The quantitative estimate of drug-likeness (QED) is 0.0261. The monoisotopic (exact) mass is 1080 g/mol. The summed E-state index contributed by atoms with van der Waals surface area (Å²) in [5.74, 6) is -0.891. The lowest BCUT2D eigenvalue weighted by Crippen LogP contribution is -2.30. The predicted molar refractivity (Wildman–Crippen MR) is 339 cm³/mol. The Labute approximate surface area is 483 Å². The largest absolute Gasteiger partial charge is 0.462 e. The molecule has 0 aromatic rings. The van der Waals surface area contributed by atoms with Crippen LogP contribution in [0.1, 0.15) is 323 Å². The molecule has 0 N–H and O–H groups in total. The Bertz CT molecular complexity index is 1530. The molecule has 6 nitrogen and oxygen atoms in total. The van der Waals surface area contributed by atoms with Crippen molar-refractivity contribution in [2.24, 2.45) is 0 Å². The molecule has 0 amide bonds. The lowest BCUT2D eigenvalue weighted by Gasteiger charge is -2.18. The van der Waals surface area contributed by atoms with Gasteiger partial charge in [0.05, 0.1) is 0 Å². The maximum Gasteiger partial charge on any atom is 0.306 e. The van der Waals surface area contributed by atoms with Gasteiger partial charge in [0.25, 0.3) is 0 Å². The molecule has 1 atom stereocenters. The summed E-state index contributed by atoms with van der Waals surface area (Å²) >= 11 is 0. The molecule has 0 radical (unpaired) electrons. The second-order valence-electron chi connectivity index (χ2n) is 22.0. The Kier molecular flexibility index (Phi) is 62.7. The molecule has 0 aliphatic rings. The topological polar surface area (TPSA) is 78.9 Å². The number of allylic oxidation sites excluding steroid dienone is 16. The first-order valence-electron chi connectivity index (χ1n) is 33.2. The van der Waals surface area contributed by atoms with Crippen LogP contribution in [0.5, 0.6) is 0 Å². The summed E-state index contributed by atoms with van der Waals surface area (Å²) in [5, 5.41) is 0. The van der Waals surface area contributed by atoms with Gasteiger partial charge in [-0.25, -0.2) is 0 Å². The van der Waals surface area contributed by atoms with Crippen LogP contribution in [0.15, 0.2) is 97.2 Å². The van der Waals surface area contributed by atoms with Gasteiger partial charge in [-0.2, -0.15) is 0 Å². The lowest BCUT2D eigenvalue weighted by atomic mass is 10.0. The highest BCUT2D eigenvalue weighted by atomic mass is 16.6. The number of carbonyl (C=O) groups excluding carboxylic acids is 3. The van der Waals surface area contributed by atoms with E-state index in [4.69, 9.17) is 14.2 Å². The molecule has 0 heterocycles. The van der Waals surface area contributed by atoms with Crippen molar-refractivity contribution in [3.05, 3.63) is 97.2 Å². The van der Waals surface area contributed by atoms with Gasteiger partial charge >= 0.3 is 17.9 Å². The number of carbonyl (C=O) groups is 3. The molecule has 6 heteroatoms. The van der Waals surface area contributed by atoms with E-state index in [-0.39, 0.29) is 31.1 Å². The Morgan fingerprint density at radius 3 is 0.821 bits per heavy atom. The summed E-state index contributed by atoms with van der Waals surface area (Å²) in [7, 11) is 0. The normalized spacial score (nSPS) is 12.7. The molecule has 0 aromatic carbocycles. The van der Waals surface area contributed by atoms with Crippen LogP contribution >= 0.6 is 0 Å². The molecule has 0 saturated carbocycles. The molecule has 0 spiro atoms. The average molecular weight is 1090 g/mol. The first-order chi connectivity index (χ1) is 38.5. The first-order valence-corrected chi connectivity index (χ1v) is 33.2. The van der Waals surface area contributed by atoms with Gasteiger partial charge in [-0.15, -0.1) is 0 Å². The van der Waals surface area contributed by atoms with E-state index in [1.807, 2.05) is 0 Å². The van der Waals surface area contributed by atoms with Crippen LogP contribution in [0.4, 0.5) is 0 Å². The van der Waals surface area contributed by atoms with Crippen molar-refractivity contribution in [3.63, 3.8) is 0 Å². The smallest absolute Gasteiger partial charge is 0.306 e. The van der Waals surface area contributed by atoms with Crippen LogP contribution in [0.3, 0.4) is 0 Å². The molecule has 1 unspecified atom stereocenters. The van der Waals surface area contributed by atoms with E-state index in [1.165, 1.54) is 173 Å². The molecule has 0 aliphatic heterocycles. The van der Waals surface area contributed by atoms with E-state index in [0.29, 0.717) is 19.3 Å². The molecule has 0 aromatic heterocycles. The third-order valence-electron chi connectivity index (χ3n) is 14.3. The molecular weight excluding hydrogens is 961 g/mol. The van der Waals surface area contributed by atoms with Crippen LogP contribution < -0.4 is 0 Å². The van der Waals surface area contributed by atoms with Crippen LogP contribution in [0.25, 0.3) is 0 Å². The van der Waals surface area contributed by atoms with E-state index >= 15 is 0 Å². The Morgan fingerprint density at radius 1 is 0.269 bits per heavy atom. The Morgan fingerprint density at radius 2 is 0.500 bits per heavy atom. The van der Waals surface area contributed by atoms with Crippen molar-refractivity contribution in [3.8, 4) is 0 Å². The summed E-state index contributed by atoms with van der Waals surface area (Å²) in [5.41, 5.74) is 0. The van der Waals surface area contributed by atoms with Crippen molar-refractivity contribution in [2.75, 3.05) is 13.2 Å². The van der Waals surface area contributed by atoms with E-state index in [2.05, 4.69) is 118 Å². The van der Waals surface area contributed by atoms with Crippen molar-refractivity contribution >= 4 is 17.9 Å². The van der Waals surface area contributed by atoms with Gasteiger partial charge in [0.15, 0.2) is 6.10 Å². The van der Waals surface area contributed by atoms with Crippen LogP contribution in [0, 0.1) is 0 Å². The van der Waals surface area contributed by atoms with Crippen LogP contribution in [-0.2, 0) is 28.6 Å². The van der Waals surface area contributed by atoms with Gasteiger partial charge < -0.3 is 14.2 Å². The van der Waals surface area contributed by atoms with E-state index in [9.17, 15) is 14.4 Å². The van der Waals surface area contributed by atoms with Gasteiger partial charge in [-0.1, -0.05) is 279 Å². The molecule has 0 fully saturated rings. The number of hydrogen-bond acceptors (Lipinski definition) is 6. The minimum atomic E-state index is -0.787. The number of unbranched alkanes of at least 4 members (excludes halogenated alkanes) is 33. The fraction of sp³-hybridized carbons (Fsp3) is 0.736. The highest BCUT2D eigenvalue weighted by molar-refractivity contribution is 5.71. The van der Waals surface area contributed by atoms with Crippen LogP contribution in [0.2, 0.25) is 0 Å². The zero-order valence-electron chi connectivity index (χ0n) is 51.4. The second-order valence-corrected chi connectivity index (χ2v) is 22.0. The average Bonchev–Trinajstić information content (AvgIpc) is 3.44. The minimum absolute atomic E-state index is 0.0831. The fourth-order valence-electron chi connectivity index (χ4n) is 9.32. The lowest BCUT2D eigenvalue weighted by molar-refractivity contribution is -0.167. The SMILES string of the molecule is CC/C=C\C/C=C\C/C=C\C/C=C\CCCCCCCCCCCCCCC(=O)OCC(COC(=O)CCCCCCC/C=C\CCCCC)OC(=O)CCCCCCCCCC/C=C\C/C=C\C/C=C\CCCCCCC. The summed E-state index contributed by atoms with van der Waals surface area (Å²) in [6.07, 6.45) is 88.4. The first kappa shape index (κ1) is 74.3. The molecule has 0 saturated heterocycles. The molecule has 0 aliphatic carbocycles. The van der Waals surface area contributed by atoms with E-state index in [0.717, 1.165) is 109 Å². The molecular formula is C72H124O6. The van der Waals surface area contributed by atoms with Gasteiger partial charge in [0, 0.05) is 19.3 Å². The van der Waals surface area contributed by atoms with Crippen molar-refractivity contribution in [1.29, 1.82) is 0 Å². The van der Waals surface area contributed by atoms with Crippen molar-refractivity contribution in [2.45, 2.75) is 329 Å². The summed E-state index contributed by atoms with van der Waals surface area (Å²) in [6.45, 7) is 6.51. The molecule has 0 bridgehead atoms. The van der Waals surface area contributed by atoms with E-state index in [1.54, 1.807) is 0 Å². The number of rotatable bonds is 60. The minimum Gasteiger partial charge on any atom is -0.462 e. The number of esters is 3. The van der Waals surface area contributed by atoms with Crippen LogP contribution in [-0.4, -0.2) is 37.2 Å². The maximum atomic E-state index is 12.9. The zero-order chi connectivity index (χ0) is 56.4. The summed E-state index contributed by atoms with van der Waals surface area (Å²) in [6, 6.07) is 0. The third-order valence-corrected chi connectivity index (χ3v) is 14.3. The highest BCUT2D eigenvalue weighted by Gasteiger charge is 2.19. The second kappa shape index (κ2) is 65.8. The Hall–Kier alpha value is -3.67. The van der Waals surface area contributed by atoms with Gasteiger partial charge in [0.2, 0.25) is 0 Å². The number of ether oxygens (including phenoxy) is 3. The van der Waals surface area contributed by atoms with Crippen molar-refractivity contribution < 1.29 is 28.6 Å². The third kappa shape index (κ3) is 63.2. The maximum absolute atomic E-state index is 12.9. The molecule has 448 valence electrons. The molecule has 0 rings (SSSR count). The fourth-order valence-corrected chi connectivity index (χ4v) is 9.32. The summed E-state index contributed by atoms with van der Waals surface area (Å²) < 4.78 is 16.9. The number of hydrogen-bond donors (Lipinski definition) is 0. The van der Waals surface area contributed by atoms with Crippen molar-refractivity contribution in [1.82, 2.24) is 0 Å².